The number of carbonyl (C=O) groups excluding carboxylic acids is 1. The zero-order chi connectivity index (χ0) is 24.2. The summed E-state index contributed by atoms with van der Waals surface area (Å²) in [5.41, 5.74) is 2.79. The van der Waals surface area contributed by atoms with E-state index in [0.29, 0.717) is 29.4 Å². The number of thioether (sulfide) groups is 1. The van der Waals surface area contributed by atoms with E-state index < -0.39 is 0 Å². The van der Waals surface area contributed by atoms with Gasteiger partial charge in [-0.1, -0.05) is 91.5 Å². The lowest BCUT2D eigenvalue weighted by atomic mass is 10.0. The van der Waals surface area contributed by atoms with Crippen LogP contribution in [0.1, 0.15) is 24.0 Å². The Bertz CT molecular complexity index is 1530. The number of amides is 1. The van der Waals surface area contributed by atoms with Crippen molar-refractivity contribution in [3.8, 4) is 0 Å². The molecule has 35 heavy (non-hydrogen) atoms. The number of rotatable bonds is 8. The van der Waals surface area contributed by atoms with Crippen LogP contribution in [0.25, 0.3) is 16.7 Å². The highest BCUT2D eigenvalue weighted by atomic mass is 32.2. The minimum Gasteiger partial charge on any atom is -0.355 e. The molecule has 0 bridgehead atoms. The van der Waals surface area contributed by atoms with Gasteiger partial charge in [0.05, 0.1) is 23.2 Å². The molecule has 0 aliphatic carbocycles. The maximum atomic E-state index is 13.3. The highest BCUT2D eigenvalue weighted by Crippen LogP contribution is 2.22. The Labute approximate surface area is 206 Å². The molecule has 0 radical (unpaired) electrons. The van der Waals surface area contributed by atoms with Gasteiger partial charge in [-0.3, -0.25) is 18.6 Å². The van der Waals surface area contributed by atoms with E-state index in [9.17, 15) is 9.59 Å². The number of hydrogen-bond acceptors (Lipinski definition) is 5. The predicted molar refractivity (Wildman–Crippen MR) is 139 cm³/mol. The number of hydrogen-bond donors (Lipinski definition) is 1. The van der Waals surface area contributed by atoms with Gasteiger partial charge in [-0.2, -0.15) is 0 Å². The van der Waals surface area contributed by atoms with Crippen molar-refractivity contribution < 1.29 is 4.79 Å². The van der Waals surface area contributed by atoms with Crippen molar-refractivity contribution in [1.82, 2.24) is 24.5 Å². The molecule has 2 aromatic heterocycles. The van der Waals surface area contributed by atoms with Crippen molar-refractivity contribution >= 4 is 34.3 Å². The molecule has 0 fully saturated rings. The summed E-state index contributed by atoms with van der Waals surface area (Å²) in [4.78, 5) is 25.9. The molecule has 0 aliphatic heterocycles. The summed E-state index contributed by atoms with van der Waals surface area (Å²) in [5.74, 6) is 0.805. The summed E-state index contributed by atoms with van der Waals surface area (Å²) < 4.78 is 3.50. The predicted octanol–water partition coefficient (Wildman–Crippen LogP) is 4.10. The molecular weight excluding hydrogens is 458 g/mol. The van der Waals surface area contributed by atoms with Crippen molar-refractivity contribution in [3.05, 3.63) is 106 Å². The average Bonchev–Trinajstić information content (AvgIpc) is 3.33. The molecule has 176 valence electrons. The van der Waals surface area contributed by atoms with Crippen molar-refractivity contribution in [3.63, 3.8) is 0 Å². The SMILES string of the molecule is CC(CNC(=O)CSc1nnc2n(Cc3ccccc3)c(=O)c3ccccc3n12)c1ccccc1. The molecule has 1 atom stereocenters. The molecule has 5 aromatic rings. The molecule has 1 amide bonds. The monoisotopic (exact) mass is 483 g/mol. The Balaban J connectivity index is 1.39. The number of carbonyl (C=O) groups is 1. The number of nitrogens with one attached hydrogen (secondary N) is 1. The Kier molecular flexibility index (Phi) is 6.63. The second kappa shape index (κ2) is 10.1. The Morgan fingerprint density at radius 1 is 0.943 bits per heavy atom. The quantitative estimate of drug-likeness (QED) is 0.336. The van der Waals surface area contributed by atoms with Crippen LogP contribution in [0.15, 0.2) is 94.9 Å². The summed E-state index contributed by atoms with van der Waals surface area (Å²) in [6.45, 7) is 3.03. The lowest BCUT2D eigenvalue weighted by molar-refractivity contribution is -0.118. The summed E-state index contributed by atoms with van der Waals surface area (Å²) in [6, 6.07) is 27.3. The minimum atomic E-state index is -0.117. The lowest BCUT2D eigenvalue weighted by Gasteiger charge is -2.13. The Morgan fingerprint density at radius 3 is 2.40 bits per heavy atom. The van der Waals surface area contributed by atoms with E-state index in [1.165, 1.54) is 17.3 Å². The summed E-state index contributed by atoms with van der Waals surface area (Å²) in [6.07, 6.45) is 0. The Morgan fingerprint density at radius 2 is 1.63 bits per heavy atom. The molecule has 7 nitrogen and oxygen atoms in total. The van der Waals surface area contributed by atoms with Gasteiger partial charge in [-0.05, 0) is 29.2 Å². The van der Waals surface area contributed by atoms with E-state index in [4.69, 9.17) is 0 Å². The van der Waals surface area contributed by atoms with Crippen LogP contribution in [0.3, 0.4) is 0 Å². The van der Waals surface area contributed by atoms with Crippen LogP contribution < -0.4 is 10.9 Å². The van der Waals surface area contributed by atoms with Gasteiger partial charge in [0.1, 0.15) is 0 Å². The molecular formula is C27H25N5O2S. The van der Waals surface area contributed by atoms with E-state index >= 15 is 0 Å². The van der Waals surface area contributed by atoms with Crippen LogP contribution in [-0.2, 0) is 11.3 Å². The van der Waals surface area contributed by atoms with Gasteiger partial charge in [0, 0.05) is 6.54 Å². The Hall–Kier alpha value is -3.91. The van der Waals surface area contributed by atoms with E-state index in [1.54, 1.807) is 4.57 Å². The first-order chi connectivity index (χ1) is 17.1. The number of benzene rings is 3. The summed E-state index contributed by atoms with van der Waals surface area (Å²) in [5, 5.41) is 12.8. The summed E-state index contributed by atoms with van der Waals surface area (Å²) in [7, 11) is 0. The molecule has 2 heterocycles. The molecule has 0 saturated carbocycles. The maximum absolute atomic E-state index is 13.3. The first-order valence-electron chi connectivity index (χ1n) is 11.5. The number of aromatic nitrogens is 4. The van der Waals surface area contributed by atoms with Crippen molar-refractivity contribution in [2.45, 2.75) is 24.5 Å². The third kappa shape index (κ3) is 4.83. The first kappa shape index (κ1) is 22.9. The molecule has 0 saturated heterocycles. The van der Waals surface area contributed by atoms with Gasteiger partial charge in [0.25, 0.3) is 5.56 Å². The molecule has 0 spiro atoms. The van der Waals surface area contributed by atoms with Crippen LogP contribution in [0.2, 0.25) is 0 Å². The molecule has 3 aromatic carbocycles. The highest BCUT2D eigenvalue weighted by molar-refractivity contribution is 7.99. The van der Waals surface area contributed by atoms with Crippen LogP contribution in [0.5, 0.6) is 0 Å². The van der Waals surface area contributed by atoms with E-state index in [-0.39, 0.29) is 23.1 Å². The first-order valence-corrected chi connectivity index (χ1v) is 12.5. The van der Waals surface area contributed by atoms with Gasteiger partial charge in [0.15, 0.2) is 5.16 Å². The molecule has 1 N–H and O–H groups in total. The fraction of sp³-hybridized carbons (Fsp3) is 0.185. The zero-order valence-corrected chi connectivity index (χ0v) is 20.1. The van der Waals surface area contributed by atoms with Gasteiger partial charge in [-0.25, -0.2) is 0 Å². The van der Waals surface area contributed by atoms with Gasteiger partial charge in [0.2, 0.25) is 11.7 Å². The smallest absolute Gasteiger partial charge is 0.263 e. The van der Waals surface area contributed by atoms with Gasteiger partial charge < -0.3 is 5.32 Å². The second-order valence-corrected chi connectivity index (χ2v) is 9.36. The number of para-hydroxylation sites is 1. The lowest BCUT2D eigenvalue weighted by Crippen LogP contribution is -2.29. The van der Waals surface area contributed by atoms with E-state index in [2.05, 4.69) is 34.6 Å². The fourth-order valence-corrected chi connectivity index (χ4v) is 4.85. The number of fused-ring (bicyclic) bond motifs is 3. The maximum Gasteiger partial charge on any atom is 0.263 e. The summed E-state index contributed by atoms with van der Waals surface area (Å²) >= 11 is 1.31. The molecule has 8 heteroatoms. The largest absolute Gasteiger partial charge is 0.355 e. The van der Waals surface area contributed by atoms with Crippen LogP contribution in [0, 0.1) is 0 Å². The molecule has 1 unspecified atom stereocenters. The topological polar surface area (TPSA) is 81.3 Å². The van der Waals surface area contributed by atoms with Crippen molar-refractivity contribution in [1.29, 1.82) is 0 Å². The van der Waals surface area contributed by atoms with Crippen LogP contribution in [-0.4, -0.2) is 37.4 Å². The third-order valence-electron chi connectivity index (χ3n) is 5.97. The number of nitrogens with zero attached hydrogens (tertiary/aromatic N) is 4. The normalized spacial score (nSPS) is 12.1. The van der Waals surface area contributed by atoms with E-state index in [0.717, 1.165) is 11.1 Å². The second-order valence-electron chi connectivity index (χ2n) is 8.42. The van der Waals surface area contributed by atoms with Crippen LogP contribution >= 0.6 is 11.8 Å². The molecule has 0 aliphatic rings. The fourth-order valence-electron chi connectivity index (χ4n) is 4.08. The minimum absolute atomic E-state index is 0.0727. The molecule has 5 rings (SSSR count). The van der Waals surface area contributed by atoms with E-state index in [1.807, 2.05) is 77.2 Å². The zero-order valence-electron chi connectivity index (χ0n) is 19.3. The van der Waals surface area contributed by atoms with Gasteiger partial charge >= 0.3 is 0 Å². The van der Waals surface area contributed by atoms with Gasteiger partial charge in [-0.15, -0.1) is 10.2 Å². The highest BCUT2D eigenvalue weighted by Gasteiger charge is 2.18. The standard InChI is InChI=1S/C27H25N5O2S/c1-19(21-12-6-3-7-13-21)16-28-24(33)18-35-27-30-29-26-31(17-20-10-4-2-5-11-20)25(34)22-14-8-9-15-23(22)32(26)27/h2-15,19H,16-18H2,1H3,(H,28,33). The van der Waals surface area contributed by atoms with Crippen molar-refractivity contribution in [2.75, 3.05) is 12.3 Å². The third-order valence-corrected chi connectivity index (χ3v) is 6.90. The van der Waals surface area contributed by atoms with Crippen LogP contribution in [0.4, 0.5) is 0 Å². The van der Waals surface area contributed by atoms with Crippen molar-refractivity contribution in [2.24, 2.45) is 0 Å². The average molecular weight is 484 g/mol.